The molecule has 0 radical (unpaired) electrons. The van der Waals surface area contributed by atoms with E-state index in [1.165, 1.54) is 25.4 Å². The van der Waals surface area contributed by atoms with Gasteiger partial charge in [-0.05, 0) is 35.9 Å². The van der Waals surface area contributed by atoms with Gasteiger partial charge in [0.15, 0.2) is 0 Å². The lowest BCUT2D eigenvalue weighted by Gasteiger charge is -2.08. The third-order valence-corrected chi connectivity index (χ3v) is 4.04. The number of rotatable bonds is 5. The minimum absolute atomic E-state index is 0.142. The molecule has 6 nitrogen and oxygen atoms in total. The van der Waals surface area contributed by atoms with E-state index in [0.29, 0.717) is 12.3 Å². The number of nitrogens with zero attached hydrogens (tertiary/aromatic N) is 1. The third-order valence-electron chi connectivity index (χ3n) is 2.67. The minimum atomic E-state index is -3.66. The number of methoxy groups -OCH3 is 1. The summed E-state index contributed by atoms with van der Waals surface area (Å²) in [4.78, 5) is 4.14. The van der Waals surface area contributed by atoms with Gasteiger partial charge in [-0.2, -0.15) is 0 Å². The molecule has 0 saturated carbocycles. The van der Waals surface area contributed by atoms with E-state index in [9.17, 15) is 8.42 Å². The Bertz CT molecular complexity index is 667. The van der Waals surface area contributed by atoms with Crippen molar-refractivity contribution in [2.75, 3.05) is 11.8 Å². The van der Waals surface area contributed by atoms with E-state index in [0.717, 1.165) is 5.56 Å². The average Bonchev–Trinajstić information content (AvgIpc) is 2.48. The molecule has 0 aliphatic rings. The van der Waals surface area contributed by atoms with Crippen LogP contribution in [0, 0.1) is 0 Å². The van der Waals surface area contributed by atoms with Gasteiger partial charge in [0.2, 0.25) is 0 Å². The molecule has 20 heavy (non-hydrogen) atoms. The van der Waals surface area contributed by atoms with E-state index >= 15 is 0 Å². The minimum Gasteiger partial charge on any atom is -0.497 e. The third kappa shape index (κ3) is 3.25. The molecule has 0 amide bonds. The van der Waals surface area contributed by atoms with Crippen molar-refractivity contribution in [1.29, 1.82) is 0 Å². The second-order valence-corrected chi connectivity index (χ2v) is 5.72. The fraction of sp³-hybridized carbons (Fsp3) is 0.154. The van der Waals surface area contributed by atoms with Crippen LogP contribution in [0.25, 0.3) is 0 Å². The van der Waals surface area contributed by atoms with Gasteiger partial charge in [-0.15, -0.1) is 0 Å². The van der Waals surface area contributed by atoms with Crippen LogP contribution in [-0.4, -0.2) is 20.5 Å². The van der Waals surface area contributed by atoms with Crippen LogP contribution in [0.2, 0.25) is 0 Å². The molecule has 0 spiro atoms. The van der Waals surface area contributed by atoms with Gasteiger partial charge in [-0.3, -0.25) is 4.72 Å². The lowest BCUT2D eigenvalue weighted by molar-refractivity contribution is 0.414. The van der Waals surface area contributed by atoms with Crippen molar-refractivity contribution in [3.8, 4) is 5.75 Å². The molecular formula is C13H15N3O3S. The van der Waals surface area contributed by atoms with Crippen molar-refractivity contribution in [2.45, 2.75) is 11.4 Å². The van der Waals surface area contributed by atoms with Gasteiger partial charge in [-0.25, -0.2) is 13.4 Å². The van der Waals surface area contributed by atoms with Gasteiger partial charge in [0, 0.05) is 12.7 Å². The highest BCUT2D eigenvalue weighted by Crippen LogP contribution is 2.18. The molecule has 0 fully saturated rings. The van der Waals surface area contributed by atoms with Gasteiger partial charge in [-0.1, -0.05) is 6.07 Å². The predicted octanol–water partition coefficient (Wildman–Crippen LogP) is 1.35. The zero-order valence-corrected chi connectivity index (χ0v) is 11.7. The zero-order valence-electron chi connectivity index (χ0n) is 10.9. The molecule has 0 aliphatic carbocycles. The number of benzene rings is 1. The second-order valence-electron chi connectivity index (χ2n) is 4.04. The van der Waals surface area contributed by atoms with Gasteiger partial charge >= 0.3 is 0 Å². The molecule has 0 atom stereocenters. The zero-order chi connectivity index (χ0) is 14.6. The maximum absolute atomic E-state index is 12.1. The molecular weight excluding hydrogens is 278 g/mol. The fourth-order valence-corrected chi connectivity index (χ4v) is 2.57. The first-order valence-corrected chi connectivity index (χ1v) is 7.35. The van der Waals surface area contributed by atoms with Crippen LogP contribution in [0.15, 0.2) is 47.5 Å². The lowest BCUT2D eigenvalue weighted by Crippen LogP contribution is -2.14. The Morgan fingerprint density at radius 3 is 2.40 bits per heavy atom. The summed E-state index contributed by atoms with van der Waals surface area (Å²) < 4.78 is 31.7. The molecule has 106 valence electrons. The van der Waals surface area contributed by atoms with Crippen LogP contribution < -0.4 is 15.2 Å². The normalized spacial score (nSPS) is 11.1. The van der Waals surface area contributed by atoms with Gasteiger partial charge in [0.1, 0.15) is 11.6 Å². The molecule has 3 N–H and O–H groups in total. The average molecular weight is 293 g/mol. The summed E-state index contributed by atoms with van der Waals surface area (Å²) in [7, 11) is -2.14. The topological polar surface area (TPSA) is 94.3 Å². The van der Waals surface area contributed by atoms with Crippen LogP contribution >= 0.6 is 0 Å². The van der Waals surface area contributed by atoms with Crippen molar-refractivity contribution < 1.29 is 13.2 Å². The Balaban J connectivity index is 2.20. The fourth-order valence-electron chi connectivity index (χ4n) is 1.56. The van der Waals surface area contributed by atoms with Crippen LogP contribution in [0.1, 0.15) is 5.56 Å². The summed E-state index contributed by atoms with van der Waals surface area (Å²) in [5.41, 5.74) is 6.29. The number of hydrogen-bond acceptors (Lipinski definition) is 5. The van der Waals surface area contributed by atoms with Crippen LogP contribution in [0.3, 0.4) is 0 Å². The first kappa shape index (κ1) is 14.3. The van der Waals surface area contributed by atoms with E-state index in [2.05, 4.69) is 9.71 Å². The Kier molecular flexibility index (Phi) is 4.21. The van der Waals surface area contributed by atoms with Crippen LogP contribution in [0.5, 0.6) is 5.75 Å². The highest BCUT2D eigenvalue weighted by Gasteiger charge is 2.14. The van der Waals surface area contributed by atoms with E-state index < -0.39 is 10.0 Å². The van der Waals surface area contributed by atoms with E-state index in [4.69, 9.17) is 10.5 Å². The number of nitrogens with one attached hydrogen (secondary N) is 1. The maximum atomic E-state index is 12.1. The van der Waals surface area contributed by atoms with Gasteiger partial charge in [0.25, 0.3) is 10.0 Å². The Hall–Kier alpha value is -2.12. The predicted molar refractivity (Wildman–Crippen MR) is 75.9 cm³/mol. The van der Waals surface area contributed by atoms with Crippen molar-refractivity contribution in [3.63, 3.8) is 0 Å². The van der Waals surface area contributed by atoms with Crippen molar-refractivity contribution >= 4 is 15.8 Å². The number of pyridine rings is 1. The summed E-state index contributed by atoms with van der Waals surface area (Å²) in [5.74, 6) is 0.840. The summed E-state index contributed by atoms with van der Waals surface area (Å²) in [6, 6.07) is 9.39. The Morgan fingerprint density at radius 2 is 1.90 bits per heavy atom. The van der Waals surface area contributed by atoms with E-state index in [1.54, 1.807) is 24.3 Å². The number of hydrogen-bond donors (Lipinski definition) is 2. The lowest BCUT2D eigenvalue weighted by atomic mass is 10.3. The van der Waals surface area contributed by atoms with E-state index in [1.807, 2.05) is 0 Å². The summed E-state index contributed by atoms with van der Waals surface area (Å²) >= 11 is 0. The summed E-state index contributed by atoms with van der Waals surface area (Å²) in [5, 5.41) is 0. The molecule has 0 bridgehead atoms. The number of ether oxygens (including phenoxy) is 1. The van der Waals surface area contributed by atoms with E-state index in [-0.39, 0.29) is 10.7 Å². The Morgan fingerprint density at radius 1 is 1.20 bits per heavy atom. The molecule has 7 heteroatoms. The van der Waals surface area contributed by atoms with Crippen molar-refractivity contribution in [2.24, 2.45) is 5.73 Å². The first-order chi connectivity index (χ1) is 9.55. The first-order valence-electron chi connectivity index (χ1n) is 5.87. The largest absolute Gasteiger partial charge is 0.497 e. The number of nitrogens with two attached hydrogens (primary N) is 1. The van der Waals surface area contributed by atoms with Crippen molar-refractivity contribution in [3.05, 3.63) is 48.2 Å². The molecule has 2 aromatic rings. The molecule has 0 unspecified atom stereocenters. The monoisotopic (exact) mass is 293 g/mol. The molecule has 0 saturated heterocycles. The molecule has 2 rings (SSSR count). The van der Waals surface area contributed by atoms with Gasteiger partial charge in [0.05, 0.1) is 12.0 Å². The quantitative estimate of drug-likeness (QED) is 0.867. The second kappa shape index (κ2) is 5.89. The maximum Gasteiger partial charge on any atom is 0.263 e. The SMILES string of the molecule is COc1ccc(S(=O)(=O)Nc2ccc(CN)cn2)cc1. The smallest absolute Gasteiger partial charge is 0.263 e. The number of anilines is 1. The molecule has 1 aromatic carbocycles. The highest BCUT2D eigenvalue weighted by atomic mass is 32.2. The summed E-state index contributed by atoms with van der Waals surface area (Å²) in [6.07, 6.45) is 1.53. The summed E-state index contributed by atoms with van der Waals surface area (Å²) in [6.45, 7) is 0.360. The number of sulfonamides is 1. The molecule has 0 aliphatic heterocycles. The molecule has 1 heterocycles. The standard InChI is InChI=1S/C13H15N3O3S/c1-19-11-3-5-12(6-4-11)20(17,18)16-13-7-2-10(8-14)9-15-13/h2-7,9H,8,14H2,1H3,(H,15,16). The van der Waals surface area contributed by atoms with Gasteiger partial charge < -0.3 is 10.5 Å². The Labute approximate surface area is 117 Å². The molecule has 1 aromatic heterocycles. The van der Waals surface area contributed by atoms with Crippen LogP contribution in [0.4, 0.5) is 5.82 Å². The van der Waals surface area contributed by atoms with Crippen molar-refractivity contribution in [1.82, 2.24) is 4.98 Å². The van der Waals surface area contributed by atoms with Crippen LogP contribution in [-0.2, 0) is 16.6 Å². The highest BCUT2D eigenvalue weighted by molar-refractivity contribution is 7.92. The number of aromatic nitrogens is 1.